The third-order valence-corrected chi connectivity index (χ3v) is 3.59. The molecular formula is C19H17FN2O3. The van der Waals surface area contributed by atoms with Crippen molar-refractivity contribution in [2.45, 2.75) is 6.10 Å². The van der Waals surface area contributed by atoms with Crippen LogP contribution >= 0.6 is 0 Å². The highest BCUT2D eigenvalue weighted by Gasteiger charge is 2.11. The standard InChI is InChI=1S/C19H17FN2O3/c20-14-6-8-16(9-7-14)25-12-15(23)11-21-19(24)18-10-5-13-3-1-2-4-17(13)22-18/h1-10,15,23H,11-12H2,(H,21,24). The zero-order valence-electron chi connectivity index (χ0n) is 13.4. The van der Waals surface area contributed by atoms with Gasteiger partial charge in [0.2, 0.25) is 0 Å². The molecule has 1 heterocycles. The van der Waals surface area contributed by atoms with Crippen molar-refractivity contribution in [3.8, 4) is 5.75 Å². The van der Waals surface area contributed by atoms with Gasteiger partial charge in [-0.15, -0.1) is 0 Å². The minimum atomic E-state index is -0.894. The highest BCUT2D eigenvalue weighted by molar-refractivity contribution is 5.94. The Hall–Kier alpha value is -2.99. The molecule has 2 aromatic carbocycles. The lowest BCUT2D eigenvalue weighted by molar-refractivity contribution is 0.0840. The Balaban J connectivity index is 1.51. The summed E-state index contributed by atoms with van der Waals surface area (Å²) < 4.78 is 18.1. The largest absolute Gasteiger partial charge is 0.491 e. The zero-order chi connectivity index (χ0) is 17.6. The van der Waals surface area contributed by atoms with E-state index in [4.69, 9.17) is 4.74 Å². The fourth-order valence-corrected chi connectivity index (χ4v) is 2.28. The van der Waals surface area contributed by atoms with Crippen LogP contribution in [-0.2, 0) is 0 Å². The minimum absolute atomic E-state index is 0.0168. The molecule has 128 valence electrons. The highest BCUT2D eigenvalue weighted by Crippen LogP contribution is 2.12. The summed E-state index contributed by atoms with van der Waals surface area (Å²) in [4.78, 5) is 16.4. The molecule has 0 saturated heterocycles. The van der Waals surface area contributed by atoms with Gasteiger partial charge in [0.25, 0.3) is 5.91 Å². The summed E-state index contributed by atoms with van der Waals surface area (Å²) in [5, 5.41) is 13.5. The van der Waals surface area contributed by atoms with Crippen LogP contribution in [0.25, 0.3) is 10.9 Å². The average Bonchev–Trinajstić information content (AvgIpc) is 2.65. The number of fused-ring (bicyclic) bond motifs is 1. The number of halogens is 1. The van der Waals surface area contributed by atoms with Crippen LogP contribution in [0.2, 0.25) is 0 Å². The molecule has 0 bridgehead atoms. The molecule has 1 unspecified atom stereocenters. The van der Waals surface area contributed by atoms with Gasteiger partial charge < -0.3 is 15.2 Å². The van der Waals surface area contributed by atoms with E-state index >= 15 is 0 Å². The second-order valence-electron chi connectivity index (χ2n) is 5.52. The Kier molecular flexibility index (Phi) is 5.20. The Bertz CT molecular complexity index is 868. The van der Waals surface area contributed by atoms with Crippen molar-refractivity contribution in [1.82, 2.24) is 10.3 Å². The van der Waals surface area contributed by atoms with Gasteiger partial charge in [-0.1, -0.05) is 24.3 Å². The van der Waals surface area contributed by atoms with Crippen LogP contribution in [0.4, 0.5) is 4.39 Å². The zero-order valence-corrected chi connectivity index (χ0v) is 13.4. The number of benzene rings is 2. The van der Waals surface area contributed by atoms with Crippen molar-refractivity contribution >= 4 is 16.8 Å². The normalized spacial score (nSPS) is 11.9. The number of carbonyl (C=O) groups is 1. The number of hydrogen-bond acceptors (Lipinski definition) is 4. The Labute approximate surface area is 144 Å². The number of aliphatic hydroxyl groups excluding tert-OH is 1. The van der Waals surface area contributed by atoms with E-state index in [9.17, 15) is 14.3 Å². The number of rotatable bonds is 6. The van der Waals surface area contributed by atoms with E-state index in [1.807, 2.05) is 30.3 Å². The van der Waals surface area contributed by atoms with Crippen LogP contribution in [0.3, 0.4) is 0 Å². The summed E-state index contributed by atoms with van der Waals surface area (Å²) in [6.45, 7) is 0.00555. The Morgan fingerprint density at radius 2 is 1.88 bits per heavy atom. The third-order valence-electron chi connectivity index (χ3n) is 3.59. The summed E-state index contributed by atoms with van der Waals surface area (Å²) in [5.41, 5.74) is 1.01. The van der Waals surface area contributed by atoms with Crippen molar-refractivity contribution in [1.29, 1.82) is 0 Å². The summed E-state index contributed by atoms with van der Waals surface area (Å²) in [6.07, 6.45) is -0.894. The fourth-order valence-electron chi connectivity index (χ4n) is 2.28. The van der Waals surface area contributed by atoms with Crippen molar-refractivity contribution in [3.05, 3.63) is 72.2 Å². The molecule has 0 saturated carbocycles. The maximum atomic E-state index is 12.8. The number of carbonyl (C=O) groups excluding carboxylic acids is 1. The lowest BCUT2D eigenvalue weighted by Gasteiger charge is -2.13. The lowest BCUT2D eigenvalue weighted by Crippen LogP contribution is -2.35. The molecule has 25 heavy (non-hydrogen) atoms. The van der Waals surface area contributed by atoms with Gasteiger partial charge in [-0.25, -0.2) is 9.37 Å². The van der Waals surface area contributed by atoms with E-state index in [1.54, 1.807) is 6.07 Å². The number of aromatic nitrogens is 1. The maximum absolute atomic E-state index is 12.8. The summed E-state index contributed by atoms with van der Waals surface area (Å²) in [5.74, 6) is -0.280. The van der Waals surface area contributed by atoms with Crippen LogP contribution in [0.5, 0.6) is 5.75 Å². The first kappa shape index (κ1) is 16.9. The summed E-state index contributed by atoms with van der Waals surface area (Å²) in [7, 11) is 0. The van der Waals surface area contributed by atoms with Gasteiger partial charge in [-0.3, -0.25) is 4.79 Å². The topological polar surface area (TPSA) is 71.5 Å². The Morgan fingerprint density at radius 1 is 1.12 bits per heavy atom. The third kappa shape index (κ3) is 4.51. The summed E-state index contributed by atoms with van der Waals surface area (Å²) >= 11 is 0. The molecule has 0 aliphatic heterocycles. The maximum Gasteiger partial charge on any atom is 0.269 e. The van der Waals surface area contributed by atoms with Crippen molar-refractivity contribution in [2.24, 2.45) is 0 Å². The summed E-state index contributed by atoms with van der Waals surface area (Å²) in [6, 6.07) is 16.5. The predicted octanol–water partition coefficient (Wildman–Crippen LogP) is 2.54. The molecule has 6 heteroatoms. The van der Waals surface area contributed by atoms with Gasteiger partial charge in [0.1, 0.15) is 30.0 Å². The number of aliphatic hydroxyl groups is 1. The first-order valence-corrected chi connectivity index (χ1v) is 7.82. The number of pyridine rings is 1. The van der Waals surface area contributed by atoms with Gasteiger partial charge in [-0.2, -0.15) is 0 Å². The fraction of sp³-hybridized carbons (Fsp3) is 0.158. The number of para-hydroxylation sites is 1. The number of nitrogens with zero attached hydrogens (tertiary/aromatic N) is 1. The van der Waals surface area contributed by atoms with Gasteiger partial charge in [0.15, 0.2) is 0 Å². The van der Waals surface area contributed by atoms with Crippen LogP contribution < -0.4 is 10.1 Å². The molecule has 2 N–H and O–H groups in total. The molecule has 5 nitrogen and oxygen atoms in total. The monoisotopic (exact) mass is 340 g/mol. The molecule has 0 aliphatic rings. The van der Waals surface area contributed by atoms with Gasteiger partial charge >= 0.3 is 0 Å². The first-order chi connectivity index (χ1) is 12.1. The molecule has 0 aliphatic carbocycles. The lowest BCUT2D eigenvalue weighted by atomic mass is 10.2. The molecule has 0 spiro atoms. The SMILES string of the molecule is O=C(NCC(O)COc1ccc(F)cc1)c1ccc2ccccc2n1. The van der Waals surface area contributed by atoms with Crippen molar-refractivity contribution < 1.29 is 19.0 Å². The van der Waals surface area contributed by atoms with Crippen LogP contribution in [0.15, 0.2) is 60.7 Å². The molecule has 3 rings (SSSR count). The minimum Gasteiger partial charge on any atom is -0.491 e. The molecular weight excluding hydrogens is 323 g/mol. The van der Waals surface area contributed by atoms with Crippen LogP contribution in [0.1, 0.15) is 10.5 Å². The van der Waals surface area contributed by atoms with E-state index in [0.29, 0.717) is 5.75 Å². The van der Waals surface area contributed by atoms with Crippen LogP contribution in [-0.4, -0.2) is 35.3 Å². The number of nitrogens with one attached hydrogen (secondary N) is 1. The molecule has 0 fully saturated rings. The first-order valence-electron chi connectivity index (χ1n) is 7.82. The van der Waals surface area contributed by atoms with E-state index in [1.165, 1.54) is 24.3 Å². The molecule has 3 aromatic rings. The number of amides is 1. The van der Waals surface area contributed by atoms with Gasteiger partial charge in [-0.05, 0) is 36.4 Å². The quantitative estimate of drug-likeness (QED) is 0.723. The van der Waals surface area contributed by atoms with Gasteiger partial charge in [0.05, 0.1) is 5.52 Å². The average molecular weight is 340 g/mol. The molecule has 1 atom stereocenters. The molecule has 1 aromatic heterocycles. The van der Waals surface area contributed by atoms with Crippen molar-refractivity contribution in [3.63, 3.8) is 0 Å². The number of ether oxygens (including phenoxy) is 1. The number of hydrogen-bond donors (Lipinski definition) is 2. The van der Waals surface area contributed by atoms with E-state index in [2.05, 4.69) is 10.3 Å². The predicted molar refractivity (Wildman–Crippen MR) is 92.0 cm³/mol. The van der Waals surface area contributed by atoms with E-state index in [-0.39, 0.29) is 30.6 Å². The molecule has 0 radical (unpaired) electrons. The van der Waals surface area contributed by atoms with Gasteiger partial charge in [0, 0.05) is 11.9 Å². The van der Waals surface area contributed by atoms with Crippen molar-refractivity contribution in [2.75, 3.05) is 13.2 Å². The highest BCUT2D eigenvalue weighted by atomic mass is 19.1. The second-order valence-corrected chi connectivity index (χ2v) is 5.52. The second kappa shape index (κ2) is 7.72. The van der Waals surface area contributed by atoms with E-state index in [0.717, 1.165) is 10.9 Å². The Morgan fingerprint density at radius 3 is 2.68 bits per heavy atom. The molecule has 1 amide bonds. The van der Waals surface area contributed by atoms with Crippen LogP contribution in [0, 0.1) is 5.82 Å². The smallest absolute Gasteiger partial charge is 0.269 e. The van der Waals surface area contributed by atoms with E-state index < -0.39 is 6.10 Å².